The molecule has 0 spiro atoms. The van der Waals surface area contributed by atoms with E-state index >= 15 is 0 Å². The zero-order valence-electron chi connectivity index (χ0n) is 18.4. The van der Waals surface area contributed by atoms with Crippen molar-refractivity contribution in [1.29, 1.82) is 0 Å². The Balaban J connectivity index is 1.51. The Labute approximate surface area is 191 Å². The Morgan fingerprint density at radius 2 is 2.12 bits per heavy atom. The molecule has 1 unspecified atom stereocenters. The van der Waals surface area contributed by atoms with E-state index in [9.17, 15) is 9.90 Å². The van der Waals surface area contributed by atoms with Gasteiger partial charge in [0.15, 0.2) is 5.76 Å². The average Bonchev–Trinajstić information content (AvgIpc) is 3.51. The van der Waals surface area contributed by atoms with Crippen LogP contribution in [0.2, 0.25) is 0 Å². The van der Waals surface area contributed by atoms with Crippen molar-refractivity contribution in [1.82, 2.24) is 15.1 Å². The van der Waals surface area contributed by atoms with Gasteiger partial charge < -0.3 is 14.5 Å². The van der Waals surface area contributed by atoms with Gasteiger partial charge in [-0.25, -0.2) is 9.97 Å². The predicted octanol–water partition coefficient (Wildman–Crippen LogP) is 4.26. The van der Waals surface area contributed by atoms with Crippen LogP contribution in [0.1, 0.15) is 26.2 Å². The summed E-state index contributed by atoms with van der Waals surface area (Å²) in [7, 11) is 0. The summed E-state index contributed by atoms with van der Waals surface area (Å²) in [6.45, 7) is 2.86. The van der Waals surface area contributed by atoms with Crippen molar-refractivity contribution in [3.63, 3.8) is 0 Å². The van der Waals surface area contributed by atoms with E-state index in [1.54, 1.807) is 19.2 Å². The van der Waals surface area contributed by atoms with Crippen molar-refractivity contribution in [2.45, 2.75) is 32.2 Å². The van der Waals surface area contributed by atoms with Crippen LogP contribution in [-0.4, -0.2) is 45.3 Å². The standard InChI is InChI=1S/C25H25N5O3/c1-2-23(32)28-25-26-11-10-21(27-25)16-8-9-22-20(14-16)24(33-29-22)17-5-3-6-18(13-17)30-12-4-7-19(30)15-31/h3,5-6,8-11,13-14,19,31H,2,4,7,12,15H2,1H3,(H,26,27,28,32). The largest absolute Gasteiger partial charge is 0.394 e. The van der Waals surface area contributed by atoms with Crippen molar-refractivity contribution in [3.8, 4) is 22.6 Å². The zero-order valence-corrected chi connectivity index (χ0v) is 18.4. The Kier molecular flexibility index (Phi) is 5.75. The summed E-state index contributed by atoms with van der Waals surface area (Å²) in [5.41, 5.74) is 4.31. The van der Waals surface area contributed by atoms with Crippen LogP contribution in [0, 0.1) is 0 Å². The lowest BCUT2D eigenvalue weighted by atomic mass is 10.0. The van der Waals surface area contributed by atoms with Crippen molar-refractivity contribution >= 4 is 28.4 Å². The molecule has 1 atom stereocenters. The SMILES string of the molecule is CCC(=O)Nc1nccc(-c2ccc3noc(-c4cccc(N5CCCC5CO)c4)c3c2)n1. The number of aromatic nitrogens is 3. The maximum Gasteiger partial charge on any atom is 0.229 e. The molecule has 4 aromatic rings. The first-order valence-electron chi connectivity index (χ1n) is 11.2. The summed E-state index contributed by atoms with van der Waals surface area (Å²) in [5, 5.41) is 17.5. The predicted molar refractivity (Wildman–Crippen MR) is 127 cm³/mol. The van der Waals surface area contributed by atoms with Crippen LogP contribution in [0.4, 0.5) is 11.6 Å². The number of nitrogens with one attached hydrogen (secondary N) is 1. The highest BCUT2D eigenvalue weighted by Crippen LogP contribution is 2.35. The molecule has 0 aliphatic carbocycles. The average molecular weight is 444 g/mol. The molecule has 0 saturated carbocycles. The number of hydrogen-bond acceptors (Lipinski definition) is 7. The Bertz CT molecular complexity index is 1300. The second-order valence-corrected chi connectivity index (χ2v) is 8.13. The summed E-state index contributed by atoms with van der Waals surface area (Å²) in [4.78, 5) is 22.6. The smallest absolute Gasteiger partial charge is 0.229 e. The molecule has 1 saturated heterocycles. The first kappa shape index (κ1) is 21.1. The van der Waals surface area contributed by atoms with E-state index in [0.717, 1.165) is 47.1 Å². The van der Waals surface area contributed by atoms with Crippen LogP contribution in [-0.2, 0) is 4.79 Å². The van der Waals surface area contributed by atoms with E-state index in [2.05, 4.69) is 37.5 Å². The first-order valence-corrected chi connectivity index (χ1v) is 11.2. The quantitative estimate of drug-likeness (QED) is 0.459. The number of benzene rings is 2. The van der Waals surface area contributed by atoms with Crippen molar-refractivity contribution in [2.75, 3.05) is 23.4 Å². The van der Waals surface area contributed by atoms with Crippen LogP contribution >= 0.6 is 0 Å². The highest BCUT2D eigenvalue weighted by Gasteiger charge is 2.24. The number of carbonyl (C=O) groups is 1. The van der Waals surface area contributed by atoms with Gasteiger partial charge in [0.05, 0.1) is 23.7 Å². The number of amides is 1. The van der Waals surface area contributed by atoms with E-state index in [4.69, 9.17) is 4.52 Å². The fraction of sp³-hybridized carbons (Fsp3) is 0.280. The molecule has 168 valence electrons. The van der Waals surface area contributed by atoms with Gasteiger partial charge in [0.25, 0.3) is 0 Å². The highest BCUT2D eigenvalue weighted by atomic mass is 16.5. The lowest BCUT2D eigenvalue weighted by Gasteiger charge is -2.25. The maximum absolute atomic E-state index is 11.7. The Morgan fingerprint density at radius 1 is 1.21 bits per heavy atom. The molecule has 2 aromatic heterocycles. The molecule has 33 heavy (non-hydrogen) atoms. The minimum absolute atomic E-state index is 0.134. The molecule has 2 N–H and O–H groups in total. The van der Waals surface area contributed by atoms with Gasteiger partial charge in [-0.2, -0.15) is 0 Å². The van der Waals surface area contributed by atoms with E-state index in [1.807, 2.05) is 30.3 Å². The normalized spacial score (nSPS) is 15.8. The van der Waals surface area contributed by atoms with Crippen LogP contribution in [0.15, 0.2) is 59.3 Å². The number of aliphatic hydroxyl groups excluding tert-OH is 1. The number of aliphatic hydroxyl groups is 1. The molecule has 5 rings (SSSR count). The molecule has 2 aromatic carbocycles. The molecule has 8 nitrogen and oxygen atoms in total. The minimum Gasteiger partial charge on any atom is -0.394 e. The third-order valence-electron chi connectivity index (χ3n) is 6.03. The second-order valence-electron chi connectivity index (χ2n) is 8.13. The van der Waals surface area contributed by atoms with Gasteiger partial charge >= 0.3 is 0 Å². The molecular formula is C25H25N5O3. The van der Waals surface area contributed by atoms with Crippen LogP contribution < -0.4 is 10.2 Å². The van der Waals surface area contributed by atoms with Gasteiger partial charge in [0.1, 0.15) is 5.52 Å². The maximum atomic E-state index is 11.7. The molecule has 1 aliphatic heterocycles. The molecular weight excluding hydrogens is 418 g/mol. The summed E-state index contributed by atoms with van der Waals surface area (Å²) in [6.07, 6.45) is 4.06. The summed E-state index contributed by atoms with van der Waals surface area (Å²) in [5.74, 6) is 0.828. The molecule has 8 heteroatoms. The van der Waals surface area contributed by atoms with E-state index < -0.39 is 0 Å². The fourth-order valence-corrected chi connectivity index (χ4v) is 4.29. The van der Waals surface area contributed by atoms with Crippen molar-refractivity contribution < 1.29 is 14.4 Å². The van der Waals surface area contributed by atoms with E-state index in [0.29, 0.717) is 17.9 Å². The first-order chi connectivity index (χ1) is 16.2. The van der Waals surface area contributed by atoms with Gasteiger partial charge in [-0.3, -0.25) is 10.1 Å². The topological polar surface area (TPSA) is 104 Å². The number of nitrogens with zero attached hydrogens (tertiary/aromatic N) is 4. The van der Waals surface area contributed by atoms with Crippen LogP contribution in [0.25, 0.3) is 33.5 Å². The number of rotatable bonds is 6. The van der Waals surface area contributed by atoms with Gasteiger partial charge in [-0.1, -0.05) is 30.3 Å². The summed E-state index contributed by atoms with van der Waals surface area (Å²) >= 11 is 0. The monoisotopic (exact) mass is 443 g/mol. The van der Waals surface area contributed by atoms with E-state index in [1.165, 1.54) is 0 Å². The highest BCUT2D eigenvalue weighted by molar-refractivity contribution is 5.95. The second kappa shape index (κ2) is 8.99. The lowest BCUT2D eigenvalue weighted by molar-refractivity contribution is -0.115. The number of hydrogen-bond donors (Lipinski definition) is 2. The van der Waals surface area contributed by atoms with Crippen molar-refractivity contribution in [3.05, 3.63) is 54.7 Å². The van der Waals surface area contributed by atoms with Gasteiger partial charge in [-0.15, -0.1) is 0 Å². The van der Waals surface area contributed by atoms with Gasteiger partial charge in [0.2, 0.25) is 11.9 Å². The Morgan fingerprint density at radius 3 is 2.97 bits per heavy atom. The third-order valence-corrected chi connectivity index (χ3v) is 6.03. The number of anilines is 2. The fourth-order valence-electron chi connectivity index (χ4n) is 4.29. The van der Waals surface area contributed by atoms with E-state index in [-0.39, 0.29) is 24.5 Å². The minimum atomic E-state index is -0.134. The molecule has 1 aliphatic rings. The zero-order chi connectivity index (χ0) is 22.8. The van der Waals surface area contributed by atoms with Gasteiger partial charge in [-0.05, 0) is 43.2 Å². The summed E-state index contributed by atoms with van der Waals surface area (Å²) < 4.78 is 5.75. The van der Waals surface area contributed by atoms with Gasteiger partial charge in [0, 0.05) is 36.0 Å². The summed E-state index contributed by atoms with van der Waals surface area (Å²) in [6, 6.07) is 15.9. The molecule has 1 amide bonds. The molecule has 3 heterocycles. The van der Waals surface area contributed by atoms with Crippen LogP contribution in [0.3, 0.4) is 0 Å². The molecule has 0 radical (unpaired) electrons. The Hall–Kier alpha value is -3.78. The number of fused-ring (bicyclic) bond motifs is 1. The molecule has 1 fully saturated rings. The van der Waals surface area contributed by atoms with Crippen molar-refractivity contribution in [2.24, 2.45) is 0 Å². The third kappa shape index (κ3) is 4.17. The molecule has 0 bridgehead atoms. The van der Waals surface area contributed by atoms with Crippen LogP contribution in [0.5, 0.6) is 0 Å². The lowest BCUT2D eigenvalue weighted by Crippen LogP contribution is -2.31. The number of carbonyl (C=O) groups excluding carboxylic acids is 1.